The summed E-state index contributed by atoms with van der Waals surface area (Å²) in [6.07, 6.45) is 9.99. The Hall–Kier alpha value is -0.0800. The van der Waals surface area contributed by atoms with E-state index in [9.17, 15) is 0 Å². The number of likely N-dealkylation sites (tertiary alicyclic amines) is 1. The molecule has 0 atom stereocenters. The molecular formula is C17H34N2. The lowest BCUT2D eigenvalue weighted by Crippen LogP contribution is -2.47. The lowest BCUT2D eigenvalue weighted by molar-refractivity contribution is 0.0672. The van der Waals surface area contributed by atoms with E-state index in [1.807, 2.05) is 0 Å². The molecule has 2 aliphatic rings. The molecule has 2 rings (SSSR count). The van der Waals surface area contributed by atoms with Crippen LogP contribution in [0, 0.1) is 17.3 Å². The molecule has 0 aromatic rings. The maximum Gasteiger partial charge on any atom is 0.00501 e. The van der Waals surface area contributed by atoms with Crippen molar-refractivity contribution in [1.29, 1.82) is 0 Å². The Kier molecular flexibility index (Phi) is 5.70. The van der Waals surface area contributed by atoms with E-state index in [1.165, 1.54) is 71.1 Å². The van der Waals surface area contributed by atoms with Gasteiger partial charge in [0.2, 0.25) is 0 Å². The van der Waals surface area contributed by atoms with Crippen molar-refractivity contribution < 1.29 is 0 Å². The van der Waals surface area contributed by atoms with E-state index >= 15 is 0 Å². The van der Waals surface area contributed by atoms with Crippen molar-refractivity contribution >= 4 is 0 Å². The second kappa shape index (κ2) is 7.08. The van der Waals surface area contributed by atoms with Crippen molar-refractivity contribution in [2.45, 2.75) is 58.8 Å². The van der Waals surface area contributed by atoms with Crippen LogP contribution in [0.5, 0.6) is 0 Å². The third-order valence-electron chi connectivity index (χ3n) is 5.73. The lowest BCUT2D eigenvalue weighted by Gasteiger charge is -2.44. The van der Waals surface area contributed by atoms with E-state index in [0.29, 0.717) is 5.41 Å². The molecule has 0 spiro atoms. The second-order valence-electron chi connectivity index (χ2n) is 7.34. The maximum absolute atomic E-state index is 3.48. The van der Waals surface area contributed by atoms with Crippen molar-refractivity contribution in [3.05, 3.63) is 0 Å². The van der Waals surface area contributed by atoms with Crippen LogP contribution in [0.4, 0.5) is 0 Å². The molecule has 0 aromatic heterocycles. The summed E-state index contributed by atoms with van der Waals surface area (Å²) in [4.78, 5) is 2.76. The molecule has 1 heterocycles. The van der Waals surface area contributed by atoms with Crippen LogP contribution < -0.4 is 5.32 Å². The molecule has 2 heteroatoms. The van der Waals surface area contributed by atoms with Crippen LogP contribution in [0.15, 0.2) is 0 Å². The topological polar surface area (TPSA) is 15.3 Å². The first kappa shape index (κ1) is 15.3. The number of hydrogen-bond donors (Lipinski definition) is 1. The summed E-state index contributed by atoms with van der Waals surface area (Å²) < 4.78 is 0. The van der Waals surface area contributed by atoms with E-state index in [0.717, 1.165) is 11.8 Å². The molecular weight excluding hydrogens is 232 g/mol. The SMILES string of the molecule is CCC1CCN(CC2(CNC)CCC(C)CC2)CC1. The van der Waals surface area contributed by atoms with Gasteiger partial charge >= 0.3 is 0 Å². The van der Waals surface area contributed by atoms with Crippen molar-refractivity contribution in [1.82, 2.24) is 10.2 Å². The summed E-state index contributed by atoms with van der Waals surface area (Å²) in [5, 5.41) is 3.48. The van der Waals surface area contributed by atoms with E-state index in [2.05, 4.69) is 31.1 Å². The summed E-state index contributed by atoms with van der Waals surface area (Å²) in [5.74, 6) is 1.96. The minimum Gasteiger partial charge on any atom is -0.319 e. The molecule has 1 aliphatic carbocycles. The maximum atomic E-state index is 3.48. The molecule has 1 aliphatic heterocycles. The highest BCUT2D eigenvalue weighted by atomic mass is 15.1. The molecule has 0 aromatic carbocycles. The largest absolute Gasteiger partial charge is 0.319 e. The Balaban J connectivity index is 1.86. The van der Waals surface area contributed by atoms with Gasteiger partial charge in [-0.2, -0.15) is 0 Å². The normalized spacial score (nSPS) is 34.6. The van der Waals surface area contributed by atoms with Gasteiger partial charge in [0, 0.05) is 13.1 Å². The predicted octanol–water partition coefficient (Wildman–Crippen LogP) is 3.52. The van der Waals surface area contributed by atoms with Crippen LogP contribution in [0.1, 0.15) is 58.8 Å². The van der Waals surface area contributed by atoms with Crippen LogP contribution in [0.2, 0.25) is 0 Å². The second-order valence-corrected chi connectivity index (χ2v) is 7.34. The van der Waals surface area contributed by atoms with Gasteiger partial charge in [0.05, 0.1) is 0 Å². The number of rotatable bonds is 5. The molecule has 1 saturated carbocycles. The summed E-state index contributed by atoms with van der Waals surface area (Å²) in [7, 11) is 2.13. The zero-order chi connectivity index (χ0) is 13.7. The van der Waals surface area contributed by atoms with Gasteiger partial charge < -0.3 is 10.2 Å². The van der Waals surface area contributed by atoms with Crippen molar-refractivity contribution in [3.8, 4) is 0 Å². The number of nitrogens with one attached hydrogen (secondary N) is 1. The van der Waals surface area contributed by atoms with Gasteiger partial charge in [-0.25, -0.2) is 0 Å². The highest BCUT2D eigenvalue weighted by Crippen LogP contribution is 2.39. The minimum absolute atomic E-state index is 0.570. The Bertz CT molecular complexity index is 248. The first-order valence-corrected chi connectivity index (χ1v) is 8.54. The smallest absolute Gasteiger partial charge is 0.00501 e. The first-order valence-electron chi connectivity index (χ1n) is 8.54. The van der Waals surface area contributed by atoms with Gasteiger partial charge in [-0.3, -0.25) is 0 Å². The highest BCUT2D eigenvalue weighted by molar-refractivity contribution is 4.90. The number of piperidine rings is 1. The Morgan fingerprint density at radius 3 is 2.26 bits per heavy atom. The van der Waals surface area contributed by atoms with Crippen LogP contribution in [0.3, 0.4) is 0 Å². The van der Waals surface area contributed by atoms with Crippen LogP contribution in [-0.4, -0.2) is 38.1 Å². The Morgan fingerprint density at radius 2 is 1.74 bits per heavy atom. The van der Waals surface area contributed by atoms with Gasteiger partial charge in [0.15, 0.2) is 0 Å². The predicted molar refractivity (Wildman–Crippen MR) is 83.4 cm³/mol. The molecule has 112 valence electrons. The lowest BCUT2D eigenvalue weighted by atomic mass is 9.70. The summed E-state index contributed by atoms with van der Waals surface area (Å²) >= 11 is 0. The highest BCUT2D eigenvalue weighted by Gasteiger charge is 2.35. The average molecular weight is 266 g/mol. The zero-order valence-corrected chi connectivity index (χ0v) is 13.4. The fourth-order valence-electron chi connectivity index (χ4n) is 4.17. The standard InChI is InChI=1S/C17H34N2/c1-4-16-7-11-19(12-8-16)14-17(13-18-3)9-5-15(2)6-10-17/h15-16,18H,4-14H2,1-3H3. The van der Waals surface area contributed by atoms with E-state index in [4.69, 9.17) is 0 Å². The molecule has 0 unspecified atom stereocenters. The monoisotopic (exact) mass is 266 g/mol. The molecule has 0 bridgehead atoms. The summed E-state index contributed by atoms with van der Waals surface area (Å²) in [6, 6.07) is 0. The molecule has 1 N–H and O–H groups in total. The molecule has 2 fully saturated rings. The van der Waals surface area contributed by atoms with Crippen LogP contribution in [0.25, 0.3) is 0 Å². The van der Waals surface area contributed by atoms with Crippen molar-refractivity contribution in [2.75, 3.05) is 33.2 Å². The summed E-state index contributed by atoms with van der Waals surface area (Å²) in [6.45, 7) is 10.0. The van der Waals surface area contributed by atoms with Crippen LogP contribution in [-0.2, 0) is 0 Å². The Labute approximate surface area is 120 Å². The Morgan fingerprint density at radius 1 is 1.11 bits per heavy atom. The number of hydrogen-bond acceptors (Lipinski definition) is 2. The molecule has 2 nitrogen and oxygen atoms in total. The van der Waals surface area contributed by atoms with E-state index < -0.39 is 0 Å². The van der Waals surface area contributed by atoms with Gasteiger partial charge in [-0.15, -0.1) is 0 Å². The third kappa shape index (κ3) is 4.19. The first-order chi connectivity index (χ1) is 9.17. The van der Waals surface area contributed by atoms with Gasteiger partial charge in [-0.05, 0) is 63.1 Å². The average Bonchev–Trinajstić information content (AvgIpc) is 2.43. The molecule has 1 saturated heterocycles. The third-order valence-corrected chi connectivity index (χ3v) is 5.73. The van der Waals surface area contributed by atoms with E-state index in [1.54, 1.807) is 0 Å². The summed E-state index contributed by atoms with van der Waals surface area (Å²) in [5.41, 5.74) is 0.570. The molecule has 0 amide bonds. The molecule has 19 heavy (non-hydrogen) atoms. The van der Waals surface area contributed by atoms with Crippen molar-refractivity contribution in [3.63, 3.8) is 0 Å². The van der Waals surface area contributed by atoms with Gasteiger partial charge in [0.25, 0.3) is 0 Å². The van der Waals surface area contributed by atoms with Crippen LogP contribution >= 0.6 is 0 Å². The van der Waals surface area contributed by atoms with E-state index in [-0.39, 0.29) is 0 Å². The van der Waals surface area contributed by atoms with Crippen molar-refractivity contribution in [2.24, 2.45) is 17.3 Å². The quantitative estimate of drug-likeness (QED) is 0.819. The van der Waals surface area contributed by atoms with Gasteiger partial charge in [-0.1, -0.05) is 33.1 Å². The molecule has 0 radical (unpaired) electrons. The van der Waals surface area contributed by atoms with Gasteiger partial charge in [0.1, 0.15) is 0 Å². The number of nitrogens with zero attached hydrogens (tertiary/aromatic N) is 1. The minimum atomic E-state index is 0.570. The fourth-order valence-corrected chi connectivity index (χ4v) is 4.17. The zero-order valence-electron chi connectivity index (χ0n) is 13.4. The fraction of sp³-hybridized carbons (Fsp3) is 1.00.